The minimum atomic E-state index is -0.700. The van der Waals surface area contributed by atoms with Gasteiger partial charge < -0.3 is 10.6 Å². The van der Waals surface area contributed by atoms with Crippen LogP contribution in [0.2, 0.25) is 0 Å². The maximum Gasteiger partial charge on any atom is 0.330 e. The number of amides is 1. The Morgan fingerprint density at radius 1 is 1.15 bits per heavy atom. The highest BCUT2D eigenvalue weighted by Crippen LogP contribution is 2.21. The zero-order chi connectivity index (χ0) is 24.4. The van der Waals surface area contributed by atoms with Crippen LogP contribution < -0.4 is 21.9 Å². The Labute approximate surface area is 191 Å². The highest BCUT2D eigenvalue weighted by molar-refractivity contribution is 5.96. The molecule has 0 unspecified atom stereocenters. The summed E-state index contributed by atoms with van der Waals surface area (Å²) in [5.74, 6) is 0.0460. The summed E-state index contributed by atoms with van der Waals surface area (Å²) in [7, 11) is 1.47. The SMILES string of the molecule is CCCCn1c(N)c(N(C)C(=O)Cc2c(C)nn(-c3nc(C)cc(C)n3)c2C)c(=O)[nH]c1=O. The van der Waals surface area contributed by atoms with Crippen molar-refractivity contribution in [3.63, 3.8) is 0 Å². The van der Waals surface area contributed by atoms with E-state index < -0.39 is 11.2 Å². The van der Waals surface area contributed by atoms with E-state index in [9.17, 15) is 14.4 Å². The highest BCUT2D eigenvalue weighted by atomic mass is 16.2. The molecule has 0 aliphatic carbocycles. The third kappa shape index (κ3) is 4.71. The first-order valence-corrected chi connectivity index (χ1v) is 10.8. The van der Waals surface area contributed by atoms with Gasteiger partial charge in [-0.05, 0) is 40.2 Å². The zero-order valence-corrected chi connectivity index (χ0v) is 19.9. The Balaban J connectivity index is 1.95. The lowest BCUT2D eigenvalue weighted by atomic mass is 10.1. The van der Waals surface area contributed by atoms with Gasteiger partial charge >= 0.3 is 5.69 Å². The second-order valence-corrected chi connectivity index (χ2v) is 8.14. The molecule has 176 valence electrons. The molecule has 0 fully saturated rings. The van der Waals surface area contributed by atoms with Crippen molar-refractivity contribution in [1.82, 2.24) is 29.3 Å². The summed E-state index contributed by atoms with van der Waals surface area (Å²) in [6.45, 7) is 9.75. The molecule has 3 heterocycles. The molecule has 0 aliphatic heterocycles. The number of carbonyl (C=O) groups is 1. The number of likely N-dealkylation sites (N-methyl/N-ethyl adjacent to an activating group) is 1. The van der Waals surface area contributed by atoms with Crippen LogP contribution in [0, 0.1) is 27.7 Å². The normalized spacial score (nSPS) is 11.1. The first-order valence-electron chi connectivity index (χ1n) is 10.8. The topological polar surface area (TPSA) is 145 Å². The Morgan fingerprint density at radius 3 is 2.39 bits per heavy atom. The fourth-order valence-corrected chi connectivity index (χ4v) is 3.76. The lowest BCUT2D eigenvalue weighted by molar-refractivity contribution is -0.117. The molecule has 0 bridgehead atoms. The quantitative estimate of drug-likeness (QED) is 0.548. The van der Waals surface area contributed by atoms with Crippen LogP contribution in [-0.4, -0.2) is 42.3 Å². The van der Waals surface area contributed by atoms with E-state index in [4.69, 9.17) is 5.73 Å². The molecule has 3 aromatic heterocycles. The highest BCUT2D eigenvalue weighted by Gasteiger charge is 2.24. The van der Waals surface area contributed by atoms with Crippen LogP contribution in [0.5, 0.6) is 0 Å². The van der Waals surface area contributed by atoms with Gasteiger partial charge in [0, 0.05) is 36.2 Å². The van der Waals surface area contributed by atoms with Crippen LogP contribution in [0.1, 0.15) is 48.1 Å². The molecule has 33 heavy (non-hydrogen) atoms. The average Bonchev–Trinajstić information content (AvgIpc) is 3.00. The Hall–Kier alpha value is -3.76. The molecule has 0 saturated carbocycles. The van der Waals surface area contributed by atoms with Crippen LogP contribution in [0.4, 0.5) is 11.5 Å². The van der Waals surface area contributed by atoms with E-state index in [1.165, 1.54) is 16.5 Å². The smallest absolute Gasteiger partial charge is 0.330 e. The number of nitrogens with zero attached hydrogens (tertiary/aromatic N) is 6. The van der Waals surface area contributed by atoms with Crippen LogP contribution in [0.15, 0.2) is 15.7 Å². The number of carbonyl (C=O) groups excluding carboxylic acids is 1. The van der Waals surface area contributed by atoms with Crippen molar-refractivity contribution < 1.29 is 4.79 Å². The molecule has 3 N–H and O–H groups in total. The summed E-state index contributed by atoms with van der Waals surface area (Å²) in [6, 6.07) is 1.87. The largest absolute Gasteiger partial charge is 0.383 e. The molecule has 11 heteroatoms. The Bertz CT molecular complexity index is 1300. The lowest BCUT2D eigenvalue weighted by Gasteiger charge is -2.20. The number of nitrogens with one attached hydrogen (secondary N) is 1. The van der Waals surface area contributed by atoms with Crippen LogP contribution in [0.3, 0.4) is 0 Å². The predicted octanol–water partition coefficient (Wildman–Crippen LogP) is 1.33. The molecule has 3 rings (SSSR count). The molecular weight excluding hydrogens is 424 g/mol. The fraction of sp³-hybridized carbons (Fsp3) is 0.455. The number of aromatic nitrogens is 6. The second kappa shape index (κ2) is 9.39. The summed E-state index contributed by atoms with van der Waals surface area (Å²) in [5, 5.41) is 4.53. The summed E-state index contributed by atoms with van der Waals surface area (Å²) < 4.78 is 2.90. The fourth-order valence-electron chi connectivity index (χ4n) is 3.76. The number of unbranched alkanes of at least 4 members (excludes halogenated alkanes) is 1. The molecule has 0 aromatic carbocycles. The van der Waals surface area contributed by atoms with Gasteiger partial charge in [0.05, 0.1) is 12.1 Å². The van der Waals surface area contributed by atoms with Crippen molar-refractivity contribution in [3.05, 3.63) is 55.2 Å². The summed E-state index contributed by atoms with van der Waals surface area (Å²) in [6.07, 6.45) is 1.55. The number of aromatic amines is 1. The molecule has 0 radical (unpaired) electrons. The summed E-state index contributed by atoms with van der Waals surface area (Å²) in [4.78, 5) is 50.2. The Kier molecular flexibility index (Phi) is 6.80. The Morgan fingerprint density at radius 2 is 1.79 bits per heavy atom. The van der Waals surface area contributed by atoms with Gasteiger partial charge in [-0.25, -0.2) is 19.4 Å². The number of hydrogen-bond donors (Lipinski definition) is 2. The predicted molar refractivity (Wildman–Crippen MR) is 126 cm³/mol. The van der Waals surface area contributed by atoms with Gasteiger partial charge in [-0.3, -0.25) is 19.1 Å². The molecule has 0 spiro atoms. The number of H-pyrrole nitrogens is 1. The third-order valence-electron chi connectivity index (χ3n) is 5.59. The van der Waals surface area contributed by atoms with E-state index in [1.54, 1.807) is 11.6 Å². The van der Waals surface area contributed by atoms with E-state index in [0.29, 0.717) is 30.2 Å². The number of nitrogens with two attached hydrogens (primary N) is 1. The first-order chi connectivity index (χ1) is 15.5. The molecule has 0 saturated heterocycles. The minimum absolute atomic E-state index is 0.00801. The molecule has 11 nitrogen and oxygen atoms in total. The van der Waals surface area contributed by atoms with E-state index in [-0.39, 0.29) is 23.8 Å². The molecule has 1 amide bonds. The third-order valence-corrected chi connectivity index (χ3v) is 5.59. The van der Waals surface area contributed by atoms with Crippen molar-refractivity contribution in [2.45, 2.75) is 60.4 Å². The van der Waals surface area contributed by atoms with Gasteiger partial charge in [0.2, 0.25) is 5.91 Å². The van der Waals surface area contributed by atoms with E-state index >= 15 is 0 Å². The first kappa shape index (κ1) is 23.9. The standard InChI is InChI=1S/C22H30N8O3/c1-7-8-9-29-19(23)18(20(32)26-22(29)33)28(6)17(31)11-16-14(4)27-30(15(16)5)21-24-12(2)10-13(3)25-21/h10H,7-9,11,23H2,1-6H3,(H,26,32,33). The monoisotopic (exact) mass is 454 g/mol. The van der Waals surface area contributed by atoms with Crippen molar-refractivity contribution in [2.75, 3.05) is 17.7 Å². The van der Waals surface area contributed by atoms with Gasteiger partial charge in [0.15, 0.2) is 5.69 Å². The number of nitrogen functional groups attached to an aromatic ring is 1. The molecule has 0 atom stereocenters. The minimum Gasteiger partial charge on any atom is -0.383 e. The van der Waals surface area contributed by atoms with Gasteiger partial charge in [0.1, 0.15) is 5.82 Å². The van der Waals surface area contributed by atoms with Crippen LogP contribution in [-0.2, 0) is 17.8 Å². The maximum atomic E-state index is 13.1. The van der Waals surface area contributed by atoms with Gasteiger partial charge in [-0.2, -0.15) is 5.10 Å². The van der Waals surface area contributed by atoms with Crippen molar-refractivity contribution in [1.29, 1.82) is 0 Å². The van der Waals surface area contributed by atoms with Crippen LogP contribution in [0.25, 0.3) is 5.95 Å². The number of hydrogen-bond acceptors (Lipinski definition) is 7. The summed E-state index contributed by atoms with van der Waals surface area (Å²) in [5.41, 5.74) is 8.54. The van der Waals surface area contributed by atoms with Gasteiger partial charge in [-0.1, -0.05) is 13.3 Å². The van der Waals surface area contributed by atoms with E-state index in [2.05, 4.69) is 20.1 Å². The summed E-state index contributed by atoms with van der Waals surface area (Å²) >= 11 is 0. The second-order valence-electron chi connectivity index (χ2n) is 8.14. The number of rotatable bonds is 7. The van der Waals surface area contributed by atoms with Crippen molar-refractivity contribution >= 4 is 17.4 Å². The molecular formula is C22H30N8O3. The van der Waals surface area contributed by atoms with Gasteiger partial charge in [-0.15, -0.1) is 0 Å². The molecule has 0 aliphatic rings. The zero-order valence-electron chi connectivity index (χ0n) is 19.9. The van der Waals surface area contributed by atoms with Gasteiger partial charge in [0.25, 0.3) is 11.5 Å². The number of aryl methyl sites for hydroxylation is 3. The van der Waals surface area contributed by atoms with E-state index in [0.717, 1.165) is 23.5 Å². The van der Waals surface area contributed by atoms with Crippen molar-refractivity contribution in [2.24, 2.45) is 0 Å². The average molecular weight is 455 g/mol. The maximum absolute atomic E-state index is 13.1. The van der Waals surface area contributed by atoms with Crippen molar-refractivity contribution in [3.8, 4) is 5.95 Å². The number of anilines is 2. The molecule has 3 aromatic rings. The lowest BCUT2D eigenvalue weighted by Crippen LogP contribution is -2.39. The van der Waals surface area contributed by atoms with Crippen LogP contribution >= 0.6 is 0 Å². The van der Waals surface area contributed by atoms with E-state index in [1.807, 2.05) is 33.8 Å².